The predicted octanol–water partition coefficient (Wildman–Crippen LogP) is 0.798. The molecule has 0 aliphatic carbocycles. The monoisotopic (exact) mass is 245 g/mol. The van der Waals surface area contributed by atoms with Crippen molar-refractivity contribution in [1.29, 1.82) is 0 Å². The normalized spacial score (nSPS) is 10.3. The number of nitrogens with two attached hydrogens (primary N) is 1. The number of benzene rings is 1. The highest BCUT2D eigenvalue weighted by Gasteiger charge is 2.10. The number of hydrogen-bond donors (Lipinski definition) is 2. The Morgan fingerprint density at radius 2 is 2.33 bits per heavy atom. The molecule has 0 aliphatic rings. The molecule has 0 aliphatic heterocycles. The number of rotatable bonds is 4. The number of aromatic nitrogens is 3. The smallest absolute Gasteiger partial charge is 0.277 e. The van der Waals surface area contributed by atoms with Crippen LogP contribution in [0, 0.1) is 6.92 Å². The van der Waals surface area contributed by atoms with Gasteiger partial charge in [0.1, 0.15) is 0 Å². The lowest BCUT2D eigenvalue weighted by Crippen LogP contribution is -2.12. The molecule has 2 rings (SSSR count). The van der Waals surface area contributed by atoms with Gasteiger partial charge in [-0.25, -0.2) is 0 Å². The van der Waals surface area contributed by atoms with E-state index in [9.17, 15) is 4.79 Å². The quantitative estimate of drug-likeness (QED) is 0.834. The highest BCUT2D eigenvalue weighted by atomic mass is 16.2. The summed E-state index contributed by atoms with van der Waals surface area (Å²) in [6.07, 6.45) is 1.58. The molecular formula is C12H15N5O. The standard InChI is InChI=1S/C12H15N5O/c1-9-3-2-4-10(7-9)14-12(18)11-8-17(6-5-13)16-15-11/h2-4,7-8H,5-6,13H2,1H3,(H,14,18). The van der Waals surface area contributed by atoms with E-state index in [1.807, 2.05) is 31.2 Å². The fourth-order valence-corrected chi connectivity index (χ4v) is 1.56. The van der Waals surface area contributed by atoms with Gasteiger partial charge in [0.15, 0.2) is 5.69 Å². The second-order valence-corrected chi connectivity index (χ2v) is 3.98. The molecule has 0 fully saturated rings. The van der Waals surface area contributed by atoms with Gasteiger partial charge in [-0.05, 0) is 24.6 Å². The molecule has 6 nitrogen and oxygen atoms in total. The van der Waals surface area contributed by atoms with Crippen molar-refractivity contribution in [2.45, 2.75) is 13.5 Å². The van der Waals surface area contributed by atoms with Crippen LogP contribution >= 0.6 is 0 Å². The van der Waals surface area contributed by atoms with Gasteiger partial charge in [0, 0.05) is 12.2 Å². The summed E-state index contributed by atoms with van der Waals surface area (Å²) >= 11 is 0. The largest absolute Gasteiger partial charge is 0.329 e. The molecule has 6 heteroatoms. The third kappa shape index (κ3) is 2.92. The zero-order valence-corrected chi connectivity index (χ0v) is 10.1. The van der Waals surface area contributed by atoms with E-state index in [0.717, 1.165) is 11.3 Å². The van der Waals surface area contributed by atoms with E-state index in [2.05, 4.69) is 15.6 Å². The highest BCUT2D eigenvalue weighted by Crippen LogP contribution is 2.10. The first-order chi connectivity index (χ1) is 8.69. The minimum atomic E-state index is -0.274. The first-order valence-corrected chi connectivity index (χ1v) is 5.67. The molecule has 0 bridgehead atoms. The van der Waals surface area contributed by atoms with Crippen LogP contribution in [0.4, 0.5) is 5.69 Å². The van der Waals surface area contributed by atoms with Crippen LogP contribution in [0.2, 0.25) is 0 Å². The molecule has 0 radical (unpaired) electrons. The van der Waals surface area contributed by atoms with Crippen molar-refractivity contribution in [3.63, 3.8) is 0 Å². The van der Waals surface area contributed by atoms with Gasteiger partial charge >= 0.3 is 0 Å². The molecule has 0 atom stereocenters. The number of carbonyl (C=O) groups is 1. The number of nitrogens with zero attached hydrogens (tertiary/aromatic N) is 3. The second kappa shape index (κ2) is 5.42. The lowest BCUT2D eigenvalue weighted by Gasteiger charge is -2.03. The minimum Gasteiger partial charge on any atom is -0.329 e. The van der Waals surface area contributed by atoms with Crippen molar-refractivity contribution in [2.24, 2.45) is 5.73 Å². The Balaban J connectivity index is 2.07. The third-order valence-corrected chi connectivity index (χ3v) is 2.41. The summed E-state index contributed by atoms with van der Waals surface area (Å²) in [5.74, 6) is -0.274. The van der Waals surface area contributed by atoms with Crippen LogP contribution in [-0.4, -0.2) is 27.4 Å². The molecule has 2 aromatic rings. The number of nitrogens with one attached hydrogen (secondary N) is 1. The molecular weight excluding hydrogens is 230 g/mol. The maximum absolute atomic E-state index is 11.9. The Labute approximate surface area is 105 Å². The van der Waals surface area contributed by atoms with E-state index in [4.69, 9.17) is 5.73 Å². The number of hydrogen-bond acceptors (Lipinski definition) is 4. The van der Waals surface area contributed by atoms with Gasteiger partial charge in [0.25, 0.3) is 5.91 Å². The first kappa shape index (κ1) is 12.3. The summed E-state index contributed by atoms with van der Waals surface area (Å²) < 4.78 is 1.55. The zero-order valence-electron chi connectivity index (χ0n) is 10.1. The van der Waals surface area contributed by atoms with Crippen LogP contribution in [0.15, 0.2) is 30.5 Å². The Kier molecular flexibility index (Phi) is 3.69. The van der Waals surface area contributed by atoms with Gasteiger partial charge < -0.3 is 11.1 Å². The van der Waals surface area contributed by atoms with E-state index in [1.165, 1.54) is 0 Å². The maximum Gasteiger partial charge on any atom is 0.277 e. The molecule has 18 heavy (non-hydrogen) atoms. The van der Waals surface area contributed by atoms with Crippen molar-refractivity contribution in [2.75, 3.05) is 11.9 Å². The molecule has 1 heterocycles. The van der Waals surface area contributed by atoms with Gasteiger partial charge in [0.2, 0.25) is 0 Å². The Morgan fingerprint density at radius 1 is 1.50 bits per heavy atom. The number of carbonyl (C=O) groups excluding carboxylic acids is 1. The molecule has 1 aromatic carbocycles. The molecule has 1 amide bonds. The molecule has 1 aromatic heterocycles. The van der Waals surface area contributed by atoms with Gasteiger partial charge in [-0.15, -0.1) is 5.10 Å². The van der Waals surface area contributed by atoms with Crippen molar-refractivity contribution in [1.82, 2.24) is 15.0 Å². The van der Waals surface area contributed by atoms with E-state index in [-0.39, 0.29) is 11.6 Å². The Hall–Kier alpha value is -2.21. The SMILES string of the molecule is Cc1cccc(NC(=O)c2cn(CCN)nn2)c1. The molecule has 3 N–H and O–H groups in total. The zero-order chi connectivity index (χ0) is 13.0. The van der Waals surface area contributed by atoms with E-state index in [0.29, 0.717) is 13.1 Å². The van der Waals surface area contributed by atoms with Crippen molar-refractivity contribution in [3.8, 4) is 0 Å². The van der Waals surface area contributed by atoms with Crippen molar-refractivity contribution in [3.05, 3.63) is 41.7 Å². The summed E-state index contributed by atoms with van der Waals surface area (Å²) in [4.78, 5) is 11.9. The van der Waals surface area contributed by atoms with E-state index >= 15 is 0 Å². The highest BCUT2D eigenvalue weighted by molar-refractivity contribution is 6.02. The fraction of sp³-hybridized carbons (Fsp3) is 0.250. The summed E-state index contributed by atoms with van der Waals surface area (Å²) in [5, 5.41) is 10.4. The third-order valence-electron chi connectivity index (χ3n) is 2.41. The number of aryl methyl sites for hydroxylation is 1. The lowest BCUT2D eigenvalue weighted by atomic mass is 10.2. The van der Waals surface area contributed by atoms with Crippen LogP contribution in [0.25, 0.3) is 0 Å². The summed E-state index contributed by atoms with van der Waals surface area (Å²) in [6.45, 7) is 2.97. The van der Waals surface area contributed by atoms with Crippen LogP contribution in [0.3, 0.4) is 0 Å². The second-order valence-electron chi connectivity index (χ2n) is 3.98. The molecule has 0 saturated heterocycles. The van der Waals surface area contributed by atoms with E-state index in [1.54, 1.807) is 10.9 Å². The summed E-state index contributed by atoms with van der Waals surface area (Å²) in [6, 6.07) is 7.57. The number of amides is 1. The molecule has 94 valence electrons. The van der Waals surface area contributed by atoms with Crippen molar-refractivity contribution < 1.29 is 4.79 Å². The topological polar surface area (TPSA) is 85.8 Å². The van der Waals surface area contributed by atoms with Crippen LogP contribution in [0.5, 0.6) is 0 Å². The van der Waals surface area contributed by atoms with Gasteiger partial charge in [-0.1, -0.05) is 17.3 Å². The first-order valence-electron chi connectivity index (χ1n) is 5.67. The van der Waals surface area contributed by atoms with Crippen molar-refractivity contribution >= 4 is 11.6 Å². The van der Waals surface area contributed by atoms with Gasteiger partial charge in [-0.3, -0.25) is 9.48 Å². The summed E-state index contributed by atoms with van der Waals surface area (Å²) in [5.41, 5.74) is 7.51. The van der Waals surface area contributed by atoms with Crippen LogP contribution < -0.4 is 11.1 Å². The number of anilines is 1. The van der Waals surface area contributed by atoms with Crippen LogP contribution in [0.1, 0.15) is 16.1 Å². The Morgan fingerprint density at radius 3 is 3.06 bits per heavy atom. The summed E-state index contributed by atoms with van der Waals surface area (Å²) in [7, 11) is 0. The van der Waals surface area contributed by atoms with Gasteiger partial charge in [0.05, 0.1) is 12.7 Å². The van der Waals surface area contributed by atoms with E-state index < -0.39 is 0 Å². The maximum atomic E-state index is 11.9. The van der Waals surface area contributed by atoms with Gasteiger partial charge in [-0.2, -0.15) is 0 Å². The predicted molar refractivity (Wildman–Crippen MR) is 68.2 cm³/mol. The average Bonchev–Trinajstić information content (AvgIpc) is 2.78. The average molecular weight is 245 g/mol. The molecule has 0 spiro atoms. The minimum absolute atomic E-state index is 0.274. The fourth-order valence-electron chi connectivity index (χ4n) is 1.56. The Bertz CT molecular complexity index is 549. The lowest BCUT2D eigenvalue weighted by molar-refractivity contribution is 0.102. The molecule has 0 unspecified atom stereocenters. The molecule has 0 saturated carbocycles. The van der Waals surface area contributed by atoms with Crippen LogP contribution in [-0.2, 0) is 6.54 Å².